The standard InChI is InChI=1S/C10H20N2O/c1-3-5-9(11)10(13)12(2)8-6-4-7-8/h8-9H,3-7,11H2,1-2H3. The molecular weight excluding hydrogens is 164 g/mol. The number of carbonyl (C=O) groups excluding carboxylic acids is 1. The predicted molar refractivity (Wildman–Crippen MR) is 53.3 cm³/mol. The minimum absolute atomic E-state index is 0.117. The third-order valence-electron chi connectivity index (χ3n) is 2.89. The van der Waals surface area contributed by atoms with Gasteiger partial charge in [-0.3, -0.25) is 4.79 Å². The first-order chi connectivity index (χ1) is 6.16. The molecule has 2 N–H and O–H groups in total. The number of likely N-dealkylation sites (N-methyl/N-ethyl adjacent to an activating group) is 1. The molecule has 1 aliphatic carbocycles. The average Bonchev–Trinajstić information content (AvgIpc) is 2.00. The van der Waals surface area contributed by atoms with Gasteiger partial charge in [0, 0.05) is 13.1 Å². The molecule has 0 saturated heterocycles. The topological polar surface area (TPSA) is 46.3 Å². The Morgan fingerprint density at radius 1 is 1.62 bits per heavy atom. The lowest BCUT2D eigenvalue weighted by Gasteiger charge is -2.36. The summed E-state index contributed by atoms with van der Waals surface area (Å²) in [6.45, 7) is 2.05. The van der Waals surface area contributed by atoms with Crippen molar-refractivity contribution in [1.29, 1.82) is 0 Å². The van der Waals surface area contributed by atoms with Crippen molar-refractivity contribution in [2.24, 2.45) is 5.73 Å². The average molecular weight is 184 g/mol. The number of rotatable bonds is 4. The zero-order valence-corrected chi connectivity index (χ0v) is 8.62. The molecule has 0 radical (unpaired) electrons. The van der Waals surface area contributed by atoms with Crippen LogP contribution in [0.3, 0.4) is 0 Å². The van der Waals surface area contributed by atoms with Gasteiger partial charge < -0.3 is 10.6 Å². The first-order valence-electron chi connectivity index (χ1n) is 5.19. The van der Waals surface area contributed by atoms with E-state index in [0.29, 0.717) is 6.04 Å². The first-order valence-corrected chi connectivity index (χ1v) is 5.19. The zero-order chi connectivity index (χ0) is 9.84. The number of amides is 1. The molecule has 0 aromatic heterocycles. The molecule has 1 fully saturated rings. The Hall–Kier alpha value is -0.570. The van der Waals surface area contributed by atoms with Crippen molar-refractivity contribution in [2.75, 3.05) is 7.05 Å². The first kappa shape index (κ1) is 10.5. The molecule has 3 heteroatoms. The van der Waals surface area contributed by atoms with Crippen LogP contribution in [0.2, 0.25) is 0 Å². The number of hydrogen-bond acceptors (Lipinski definition) is 2. The van der Waals surface area contributed by atoms with E-state index in [1.165, 1.54) is 6.42 Å². The second kappa shape index (κ2) is 4.61. The third kappa shape index (κ3) is 2.44. The zero-order valence-electron chi connectivity index (χ0n) is 8.62. The van der Waals surface area contributed by atoms with Gasteiger partial charge in [-0.2, -0.15) is 0 Å². The van der Waals surface area contributed by atoms with Crippen LogP contribution >= 0.6 is 0 Å². The molecule has 0 aromatic carbocycles. The summed E-state index contributed by atoms with van der Waals surface area (Å²) in [5.41, 5.74) is 5.75. The SMILES string of the molecule is CCCC(N)C(=O)N(C)C1CCC1. The maximum Gasteiger partial charge on any atom is 0.239 e. The van der Waals surface area contributed by atoms with Crippen LogP contribution in [-0.2, 0) is 4.79 Å². The van der Waals surface area contributed by atoms with Gasteiger partial charge in [0.2, 0.25) is 5.91 Å². The highest BCUT2D eigenvalue weighted by Crippen LogP contribution is 2.23. The highest BCUT2D eigenvalue weighted by atomic mass is 16.2. The molecular formula is C10H20N2O. The van der Waals surface area contributed by atoms with Gasteiger partial charge in [-0.1, -0.05) is 13.3 Å². The van der Waals surface area contributed by atoms with E-state index in [2.05, 4.69) is 6.92 Å². The molecule has 1 unspecified atom stereocenters. The van der Waals surface area contributed by atoms with Crippen molar-refractivity contribution in [2.45, 2.75) is 51.1 Å². The Kier molecular flexibility index (Phi) is 3.72. The molecule has 0 spiro atoms. The lowest BCUT2D eigenvalue weighted by Crippen LogP contribution is -2.48. The van der Waals surface area contributed by atoms with E-state index in [1.54, 1.807) is 0 Å². The van der Waals surface area contributed by atoms with E-state index in [0.717, 1.165) is 25.7 Å². The van der Waals surface area contributed by atoms with Gasteiger partial charge in [-0.25, -0.2) is 0 Å². The van der Waals surface area contributed by atoms with Gasteiger partial charge in [0.05, 0.1) is 6.04 Å². The van der Waals surface area contributed by atoms with E-state index in [4.69, 9.17) is 5.73 Å². The van der Waals surface area contributed by atoms with Crippen LogP contribution < -0.4 is 5.73 Å². The number of hydrogen-bond donors (Lipinski definition) is 1. The molecule has 0 heterocycles. The van der Waals surface area contributed by atoms with Gasteiger partial charge in [0.25, 0.3) is 0 Å². The molecule has 13 heavy (non-hydrogen) atoms. The van der Waals surface area contributed by atoms with Crippen LogP contribution in [0.4, 0.5) is 0 Å². The van der Waals surface area contributed by atoms with Crippen molar-refractivity contribution < 1.29 is 4.79 Å². The lowest BCUT2D eigenvalue weighted by atomic mass is 9.91. The molecule has 1 saturated carbocycles. The maximum atomic E-state index is 11.7. The number of nitrogens with two attached hydrogens (primary N) is 1. The summed E-state index contributed by atoms with van der Waals surface area (Å²) < 4.78 is 0. The highest BCUT2D eigenvalue weighted by molar-refractivity contribution is 5.81. The van der Waals surface area contributed by atoms with E-state index in [-0.39, 0.29) is 11.9 Å². The van der Waals surface area contributed by atoms with E-state index < -0.39 is 0 Å². The van der Waals surface area contributed by atoms with E-state index in [1.807, 2.05) is 11.9 Å². The second-order valence-electron chi connectivity index (χ2n) is 3.93. The Morgan fingerprint density at radius 2 is 2.23 bits per heavy atom. The van der Waals surface area contributed by atoms with Gasteiger partial charge in [-0.15, -0.1) is 0 Å². The van der Waals surface area contributed by atoms with Crippen LogP contribution in [-0.4, -0.2) is 29.9 Å². The van der Waals surface area contributed by atoms with Crippen LogP contribution in [0.5, 0.6) is 0 Å². The summed E-state index contributed by atoms with van der Waals surface area (Å²) in [5.74, 6) is 0.117. The Balaban J connectivity index is 2.36. The summed E-state index contributed by atoms with van der Waals surface area (Å²) in [6.07, 6.45) is 5.34. The second-order valence-corrected chi connectivity index (χ2v) is 3.93. The molecule has 1 amide bonds. The summed E-state index contributed by atoms with van der Waals surface area (Å²) in [4.78, 5) is 13.5. The van der Waals surface area contributed by atoms with Crippen LogP contribution in [0, 0.1) is 0 Å². The van der Waals surface area contributed by atoms with Crippen molar-refractivity contribution >= 4 is 5.91 Å². The van der Waals surface area contributed by atoms with Crippen molar-refractivity contribution in [3.63, 3.8) is 0 Å². The highest BCUT2D eigenvalue weighted by Gasteiger charge is 2.27. The van der Waals surface area contributed by atoms with Crippen molar-refractivity contribution in [1.82, 2.24) is 4.90 Å². The normalized spacial score (nSPS) is 19.3. The third-order valence-corrected chi connectivity index (χ3v) is 2.89. The van der Waals surface area contributed by atoms with Crippen LogP contribution in [0.25, 0.3) is 0 Å². The fourth-order valence-electron chi connectivity index (χ4n) is 1.65. The fourth-order valence-corrected chi connectivity index (χ4v) is 1.65. The maximum absolute atomic E-state index is 11.7. The molecule has 0 aliphatic heterocycles. The molecule has 1 rings (SSSR count). The number of carbonyl (C=O) groups is 1. The summed E-state index contributed by atoms with van der Waals surface area (Å²) in [6, 6.07) is 0.186. The Labute approximate surface area is 80.3 Å². The molecule has 0 bridgehead atoms. The van der Waals surface area contributed by atoms with Gasteiger partial charge in [0.1, 0.15) is 0 Å². The van der Waals surface area contributed by atoms with Gasteiger partial charge in [-0.05, 0) is 25.7 Å². The smallest absolute Gasteiger partial charge is 0.239 e. The Bertz CT molecular complexity index is 178. The molecule has 1 aliphatic rings. The van der Waals surface area contributed by atoms with E-state index >= 15 is 0 Å². The Morgan fingerprint density at radius 3 is 2.62 bits per heavy atom. The van der Waals surface area contributed by atoms with Crippen LogP contribution in [0.1, 0.15) is 39.0 Å². The quantitative estimate of drug-likeness (QED) is 0.711. The minimum Gasteiger partial charge on any atom is -0.341 e. The van der Waals surface area contributed by atoms with Gasteiger partial charge >= 0.3 is 0 Å². The van der Waals surface area contributed by atoms with Crippen molar-refractivity contribution in [3.05, 3.63) is 0 Å². The molecule has 0 aromatic rings. The number of nitrogens with zero attached hydrogens (tertiary/aromatic N) is 1. The van der Waals surface area contributed by atoms with Crippen LogP contribution in [0.15, 0.2) is 0 Å². The monoisotopic (exact) mass is 184 g/mol. The molecule has 3 nitrogen and oxygen atoms in total. The summed E-state index contributed by atoms with van der Waals surface area (Å²) >= 11 is 0. The minimum atomic E-state index is -0.282. The summed E-state index contributed by atoms with van der Waals surface area (Å²) in [7, 11) is 1.88. The van der Waals surface area contributed by atoms with Crippen molar-refractivity contribution in [3.8, 4) is 0 Å². The summed E-state index contributed by atoms with van der Waals surface area (Å²) in [5, 5.41) is 0. The lowest BCUT2D eigenvalue weighted by molar-refractivity contribution is -0.135. The fraction of sp³-hybridized carbons (Fsp3) is 0.900. The molecule has 1 atom stereocenters. The van der Waals surface area contributed by atoms with Gasteiger partial charge in [0.15, 0.2) is 0 Å². The largest absolute Gasteiger partial charge is 0.341 e. The molecule has 76 valence electrons. The van der Waals surface area contributed by atoms with E-state index in [9.17, 15) is 4.79 Å². The predicted octanol–water partition coefficient (Wildman–Crippen LogP) is 1.12.